The minimum absolute atomic E-state index is 0.0213. The first-order valence-electron chi connectivity index (χ1n) is 16.3. The average molecular weight is 613 g/mol. The lowest BCUT2D eigenvalue weighted by molar-refractivity contribution is 0.478. The van der Waals surface area contributed by atoms with Gasteiger partial charge in [-0.05, 0) is 85.6 Å². The SMILES string of the molecule is CC(C)(C)c1cc(-c2cc(-c3cccc(-c4cc5ccccc5cn4)c3)nc(-c3cc4ccccc4cc3O)c2)cc(C(C)(C)C)c1. The predicted molar refractivity (Wildman–Crippen MR) is 198 cm³/mol. The third kappa shape index (κ3) is 6.14. The molecule has 0 aliphatic rings. The van der Waals surface area contributed by atoms with Gasteiger partial charge >= 0.3 is 0 Å². The van der Waals surface area contributed by atoms with Gasteiger partial charge in [-0.3, -0.25) is 4.98 Å². The zero-order valence-electron chi connectivity index (χ0n) is 28.0. The summed E-state index contributed by atoms with van der Waals surface area (Å²) in [4.78, 5) is 10.0. The quantitative estimate of drug-likeness (QED) is 0.215. The van der Waals surface area contributed by atoms with Gasteiger partial charge in [-0.25, -0.2) is 4.98 Å². The minimum atomic E-state index is -0.0213. The number of pyridine rings is 2. The largest absolute Gasteiger partial charge is 0.507 e. The van der Waals surface area contributed by atoms with Gasteiger partial charge in [0.2, 0.25) is 0 Å². The van der Waals surface area contributed by atoms with Crippen LogP contribution in [0.5, 0.6) is 5.75 Å². The summed E-state index contributed by atoms with van der Waals surface area (Å²) in [7, 11) is 0. The van der Waals surface area contributed by atoms with Crippen molar-refractivity contribution in [2.24, 2.45) is 0 Å². The van der Waals surface area contributed by atoms with E-state index in [1.807, 2.05) is 42.6 Å². The average Bonchev–Trinajstić information content (AvgIpc) is 3.06. The van der Waals surface area contributed by atoms with Crippen molar-refractivity contribution in [1.29, 1.82) is 0 Å². The van der Waals surface area contributed by atoms with Crippen molar-refractivity contribution in [3.63, 3.8) is 0 Å². The van der Waals surface area contributed by atoms with Gasteiger partial charge in [-0.15, -0.1) is 0 Å². The van der Waals surface area contributed by atoms with Crippen LogP contribution < -0.4 is 0 Å². The lowest BCUT2D eigenvalue weighted by Gasteiger charge is -2.26. The number of phenolic OH excluding ortho intramolecular Hbond substituents is 1. The fraction of sp³-hybridized carbons (Fsp3) is 0.182. The highest BCUT2D eigenvalue weighted by molar-refractivity contribution is 5.91. The van der Waals surface area contributed by atoms with Crippen molar-refractivity contribution in [2.45, 2.75) is 52.4 Å². The molecule has 7 rings (SSSR count). The molecule has 232 valence electrons. The number of phenols is 1. The number of hydrogen-bond donors (Lipinski definition) is 1. The van der Waals surface area contributed by atoms with Crippen molar-refractivity contribution in [3.8, 4) is 50.6 Å². The normalized spacial score (nSPS) is 12.1. The first-order valence-corrected chi connectivity index (χ1v) is 16.3. The van der Waals surface area contributed by atoms with E-state index in [2.05, 4.69) is 126 Å². The summed E-state index contributed by atoms with van der Waals surface area (Å²) in [6.45, 7) is 13.6. The van der Waals surface area contributed by atoms with E-state index in [1.165, 1.54) is 11.1 Å². The number of fused-ring (bicyclic) bond motifs is 2. The third-order valence-electron chi connectivity index (χ3n) is 9.05. The van der Waals surface area contributed by atoms with E-state index in [0.29, 0.717) is 5.56 Å². The third-order valence-corrected chi connectivity index (χ3v) is 9.05. The zero-order chi connectivity index (χ0) is 32.9. The van der Waals surface area contributed by atoms with Crippen molar-refractivity contribution in [1.82, 2.24) is 9.97 Å². The minimum Gasteiger partial charge on any atom is -0.507 e. The molecular weight excluding hydrogens is 572 g/mol. The summed E-state index contributed by atoms with van der Waals surface area (Å²) < 4.78 is 0. The summed E-state index contributed by atoms with van der Waals surface area (Å²) in [5, 5.41) is 15.6. The van der Waals surface area contributed by atoms with Gasteiger partial charge in [0, 0.05) is 28.3 Å². The molecule has 0 atom stereocenters. The maximum absolute atomic E-state index is 11.3. The maximum atomic E-state index is 11.3. The van der Waals surface area contributed by atoms with Crippen LogP contribution in [0.25, 0.3) is 66.4 Å². The number of hydrogen-bond acceptors (Lipinski definition) is 3. The van der Waals surface area contributed by atoms with Crippen LogP contribution in [-0.2, 0) is 10.8 Å². The van der Waals surface area contributed by atoms with Gasteiger partial charge in [0.05, 0.1) is 17.1 Å². The topological polar surface area (TPSA) is 46.0 Å². The fourth-order valence-electron chi connectivity index (χ4n) is 6.16. The molecule has 5 aromatic carbocycles. The molecule has 0 aliphatic carbocycles. The second kappa shape index (κ2) is 11.5. The molecule has 0 amide bonds. The Kier molecular flexibility index (Phi) is 7.44. The summed E-state index contributed by atoms with van der Waals surface area (Å²) >= 11 is 0. The molecule has 2 heterocycles. The summed E-state index contributed by atoms with van der Waals surface area (Å²) in [6, 6.07) is 42.2. The standard InChI is InChI=1S/C44H40N2O/c1-43(2,3)36-19-34(20-37(26-36)44(4,5)6)35-23-40(46-41(24-35)38-21-28-12-7-8-14-30(28)25-42(38)47)32-17-11-16-31(18-32)39-22-29-13-9-10-15-33(29)27-45-39/h7-27,47H,1-6H3. The Hall–Kier alpha value is -5.28. The van der Waals surface area contributed by atoms with Crippen molar-refractivity contribution >= 4 is 21.5 Å². The highest BCUT2D eigenvalue weighted by atomic mass is 16.3. The van der Waals surface area contributed by atoms with Crippen LogP contribution in [0.1, 0.15) is 52.7 Å². The zero-order valence-corrected chi connectivity index (χ0v) is 28.0. The van der Waals surface area contributed by atoms with Gasteiger partial charge in [-0.1, -0.05) is 126 Å². The van der Waals surface area contributed by atoms with Gasteiger partial charge in [0.25, 0.3) is 0 Å². The molecule has 0 radical (unpaired) electrons. The van der Waals surface area contributed by atoms with E-state index in [4.69, 9.17) is 9.97 Å². The smallest absolute Gasteiger partial charge is 0.125 e. The first kappa shape index (κ1) is 30.4. The summed E-state index contributed by atoms with van der Waals surface area (Å²) in [5.41, 5.74) is 9.95. The Labute approximate surface area is 277 Å². The molecule has 0 fully saturated rings. The number of benzene rings is 5. The monoisotopic (exact) mass is 612 g/mol. The van der Waals surface area contributed by atoms with E-state index in [1.54, 1.807) is 0 Å². The highest BCUT2D eigenvalue weighted by Crippen LogP contribution is 2.39. The molecule has 47 heavy (non-hydrogen) atoms. The number of nitrogens with zero attached hydrogens (tertiary/aromatic N) is 2. The van der Waals surface area contributed by atoms with Gasteiger partial charge in [0.15, 0.2) is 0 Å². The van der Waals surface area contributed by atoms with Gasteiger partial charge < -0.3 is 5.11 Å². The molecule has 1 N–H and O–H groups in total. The second-order valence-corrected chi connectivity index (χ2v) is 14.6. The van der Waals surface area contributed by atoms with Crippen molar-refractivity contribution in [3.05, 3.63) is 139 Å². The van der Waals surface area contributed by atoms with Crippen LogP contribution in [0.3, 0.4) is 0 Å². The predicted octanol–water partition coefficient (Wildman–Crippen LogP) is 11.8. The van der Waals surface area contributed by atoms with Crippen LogP contribution in [0.15, 0.2) is 128 Å². The van der Waals surface area contributed by atoms with E-state index in [9.17, 15) is 5.11 Å². The van der Waals surface area contributed by atoms with Crippen LogP contribution in [0, 0.1) is 0 Å². The van der Waals surface area contributed by atoms with E-state index < -0.39 is 0 Å². The molecule has 3 nitrogen and oxygen atoms in total. The Balaban J connectivity index is 1.44. The highest BCUT2D eigenvalue weighted by Gasteiger charge is 2.22. The first-order chi connectivity index (χ1) is 22.4. The summed E-state index contributed by atoms with van der Waals surface area (Å²) in [5.74, 6) is 0.215. The molecule has 0 unspecified atom stereocenters. The number of aromatic nitrogens is 2. The number of rotatable bonds is 4. The van der Waals surface area contributed by atoms with Crippen LogP contribution in [0.2, 0.25) is 0 Å². The molecule has 0 saturated heterocycles. The Morgan fingerprint density at radius 2 is 0.979 bits per heavy atom. The molecule has 2 aromatic heterocycles. The van der Waals surface area contributed by atoms with E-state index in [0.717, 1.165) is 60.9 Å². The van der Waals surface area contributed by atoms with Crippen LogP contribution in [-0.4, -0.2) is 15.1 Å². The second-order valence-electron chi connectivity index (χ2n) is 14.6. The van der Waals surface area contributed by atoms with Crippen molar-refractivity contribution < 1.29 is 5.11 Å². The molecular formula is C44H40N2O. The van der Waals surface area contributed by atoms with Crippen molar-refractivity contribution in [2.75, 3.05) is 0 Å². The molecule has 3 heteroatoms. The number of aromatic hydroxyl groups is 1. The molecule has 0 aliphatic heterocycles. The molecule has 0 bridgehead atoms. The van der Waals surface area contributed by atoms with Crippen LogP contribution in [0.4, 0.5) is 0 Å². The lowest BCUT2D eigenvalue weighted by Crippen LogP contribution is -2.16. The Bertz CT molecular complexity index is 2250. The summed E-state index contributed by atoms with van der Waals surface area (Å²) in [6.07, 6.45) is 1.94. The fourth-order valence-corrected chi connectivity index (χ4v) is 6.16. The Morgan fingerprint density at radius 1 is 0.447 bits per heavy atom. The Morgan fingerprint density at radius 3 is 1.62 bits per heavy atom. The maximum Gasteiger partial charge on any atom is 0.125 e. The van der Waals surface area contributed by atoms with E-state index in [-0.39, 0.29) is 16.6 Å². The molecule has 0 spiro atoms. The molecule has 0 saturated carbocycles. The van der Waals surface area contributed by atoms with Crippen LogP contribution >= 0.6 is 0 Å². The molecule has 7 aromatic rings. The van der Waals surface area contributed by atoms with Gasteiger partial charge in [0.1, 0.15) is 5.75 Å². The van der Waals surface area contributed by atoms with E-state index >= 15 is 0 Å². The van der Waals surface area contributed by atoms with Gasteiger partial charge in [-0.2, -0.15) is 0 Å². The lowest BCUT2D eigenvalue weighted by atomic mass is 9.79.